The molecule has 0 aromatic carbocycles. The van der Waals surface area contributed by atoms with Gasteiger partial charge < -0.3 is 20.3 Å². The number of nitrogens with one attached hydrogen (secondary N) is 1. The van der Waals surface area contributed by atoms with E-state index in [-0.39, 0.29) is 5.56 Å². The van der Waals surface area contributed by atoms with Gasteiger partial charge in [0.05, 0.1) is 19.0 Å². The summed E-state index contributed by atoms with van der Waals surface area (Å²) in [5.74, 6) is 1.01. The quantitative estimate of drug-likeness (QED) is 0.771. The fourth-order valence-corrected chi connectivity index (χ4v) is 1.62. The Balaban J connectivity index is 2.03. The molecule has 3 N–H and O–H groups in total. The zero-order valence-electron chi connectivity index (χ0n) is 11.2. The van der Waals surface area contributed by atoms with Crippen molar-refractivity contribution >= 4 is 17.5 Å². The molecule has 0 bridgehead atoms. The lowest BCUT2D eigenvalue weighted by atomic mass is 10.2. The molecule has 8 heteroatoms. The Morgan fingerprint density at radius 3 is 3.00 bits per heavy atom. The second kappa shape index (κ2) is 6.00. The molecule has 0 saturated carbocycles. The van der Waals surface area contributed by atoms with Crippen LogP contribution in [0, 0.1) is 6.92 Å². The topological polar surface area (TPSA) is 116 Å². The summed E-state index contributed by atoms with van der Waals surface area (Å²) in [5.41, 5.74) is 6.29. The zero-order chi connectivity index (χ0) is 14.5. The average molecular weight is 277 g/mol. The van der Waals surface area contributed by atoms with Crippen LogP contribution in [0.15, 0.2) is 16.8 Å². The number of ether oxygens (including phenoxy) is 1. The zero-order valence-corrected chi connectivity index (χ0v) is 11.2. The molecule has 2 aromatic rings. The van der Waals surface area contributed by atoms with Crippen LogP contribution < -0.4 is 11.1 Å². The molecule has 0 atom stereocenters. The van der Waals surface area contributed by atoms with Gasteiger partial charge in [0.15, 0.2) is 5.82 Å². The number of aryl methyl sites for hydroxylation is 1. The molecule has 0 saturated heterocycles. The number of pyridine rings is 1. The van der Waals surface area contributed by atoms with Gasteiger partial charge in [-0.1, -0.05) is 5.16 Å². The summed E-state index contributed by atoms with van der Waals surface area (Å²) < 4.78 is 9.67. The third kappa shape index (κ3) is 3.22. The minimum atomic E-state index is -0.499. The number of carbonyl (C=O) groups is 1. The van der Waals surface area contributed by atoms with Crippen LogP contribution in [-0.2, 0) is 11.2 Å². The molecule has 0 spiro atoms. The van der Waals surface area contributed by atoms with E-state index in [4.69, 9.17) is 10.3 Å². The molecule has 0 fully saturated rings. The van der Waals surface area contributed by atoms with Gasteiger partial charge in [0.25, 0.3) is 0 Å². The number of rotatable bonds is 5. The summed E-state index contributed by atoms with van der Waals surface area (Å²) in [4.78, 5) is 19.8. The number of nitrogens with two attached hydrogens (primary N) is 1. The van der Waals surface area contributed by atoms with Gasteiger partial charge in [-0.2, -0.15) is 4.98 Å². The van der Waals surface area contributed by atoms with E-state index in [2.05, 4.69) is 25.2 Å². The Kier molecular flexibility index (Phi) is 4.14. The fourth-order valence-electron chi connectivity index (χ4n) is 1.62. The van der Waals surface area contributed by atoms with Gasteiger partial charge in [-0.15, -0.1) is 0 Å². The fraction of sp³-hybridized carbons (Fsp3) is 0.333. The molecule has 2 heterocycles. The molecule has 0 amide bonds. The van der Waals surface area contributed by atoms with Gasteiger partial charge in [-0.25, -0.2) is 9.78 Å². The minimum absolute atomic E-state index is 0.286. The van der Waals surface area contributed by atoms with Crippen molar-refractivity contribution in [2.75, 3.05) is 24.7 Å². The first kappa shape index (κ1) is 13.8. The number of anilines is 2. The van der Waals surface area contributed by atoms with Gasteiger partial charge in [0.1, 0.15) is 11.4 Å². The van der Waals surface area contributed by atoms with Crippen molar-refractivity contribution in [1.29, 1.82) is 0 Å². The highest BCUT2D eigenvalue weighted by Gasteiger charge is 2.13. The highest BCUT2D eigenvalue weighted by atomic mass is 16.5. The normalized spacial score (nSPS) is 10.3. The number of nitrogens with zero attached hydrogens (tertiary/aromatic N) is 3. The maximum absolute atomic E-state index is 11.6. The van der Waals surface area contributed by atoms with Crippen molar-refractivity contribution in [2.45, 2.75) is 13.3 Å². The molecule has 20 heavy (non-hydrogen) atoms. The number of methoxy groups -OCH3 is 1. The summed E-state index contributed by atoms with van der Waals surface area (Å²) in [6, 6.07) is 1.51. The number of nitrogen functional groups attached to an aromatic ring is 1. The van der Waals surface area contributed by atoms with Gasteiger partial charge in [-0.05, 0) is 13.0 Å². The number of esters is 1. The summed E-state index contributed by atoms with van der Waals surface area (Å²) in [6.45, 7) is 2.24. The van der Waals surface area contributed by atoms with Crippen molar-refractivity contribution < 1.29 is 14.1 Å². The molecule has 0 unspecified atom stereocenters. The second-order valence-corrected chi connectivity index (χ2v) is 4.07. The Bertz CT molecular complexity index is 611. The Morgan fingerprint density at radius 2 is 2.35 bits per heavy atom. The van der Waals surface area contributed by atoms with Crippen LogP contribution in [-0.4, -0.2) is 34.7 Å². The van der Waals surface area contributed by atoms with E-state index < -0.39 is 5.97 Å². The van der Waals surface area contributed by atoms with Crippen LogP contribution in [0.1, 0.15) is 22.1 Å². The monoisotopic (exact) mass is 277 g/mol. The van der Waals surface area contributed by atoms with Crippen molar-refractivity contribution in [2.24, 2.45) is 0 Å². The molecule has 0 radical (unpaired) electrons. The number of carbonyl (C=O) groups excluding carboxylic acids is 1. The van der Waals surface area contributed by atoms with E-state index in [1.807, 2.05) is 0 Å². The maximum Gasteiger partial charge on any atom is 0.341 e. The molecular formula is C12H15N5O3. The first-order chi connectivity index (χ1) is 9.60. The van der Waals surface area contributed by atoms with E-state index in [0.717, 1.165) is 0 Å². The average Bonchev–Trinajstić information content (AvgIpc) is 2.85. The molecule has 0 aliphatic rings. The van der Waals surface area contributed by atoms with Crippen LogP contribution >= 0.6 is 0 Å². The van der Waals surface area contributed by atoms with Crippen molar-refractivity contribution in [3.63, 3.8) is 0 Å². The first-order valence-electron chi connectivity index (χ1n) is 5.97. The number of aromatic nitrogens is 3. The van der Waals surface area contributed by atoms with Crippen molar-refractivity contribution in [3.05, 3.63) is 29.5 Å². The molecule has 0 aliphatic carbocycles. The highest BCUT2D eigenvalue weighted by molar-refractivity contribution is 5.95. The predicted octanol–water partition coefficient (Wildman–Crippen LogP) is 0.796. The Labute approximate surface area is 115 Å². The van der Waals surface area contributed by atoms with Gasteiger partial charge in [0, 0.05) is 13.0 Å². The lowest BCUT2D eigenvalue weighted by Gasteiger charge is -2.09. The van der Waals surface area contributed by atoms with Crippen LogP contribution in [0.2, 0.25) is 0 Å². The standard InChI is InChI=1S/C12H15N5O3/c1-7-16-10(20-17-7)3-4-14-11-9(12(18)19-2)5-8(13)6-15-11/h5-6H,3-4,13H2,1-2H3,(H,14,15). The molecule has 106 valence electrons. The van der Waals surface area contributed by atoms with E-state index in [1.165, 1.54) is 19.4 Å². The molecule has 8 nitrogen and oxygen atoms in total. The van der Waals surface area contributed by atoms with Gasteiger partial charge in [-0.3, -0.25) is 0 Å². The van der Waals surface area contributed by atoms with Gasteiger partial charge in [0.2, 0.25) is 5.89 Å². The summed E-state index contributed by atoms with van der Waals surface area (Å²) in [6.07, 6.45) is 1.99. The Morgan fingerprint density at radius 1 is 1.55 bits per heavy atom. The SMILES string of the molecule is COC(=O)c1cc(N)cnc1NCCc1nc(C)no1. The Hall–Kier alpha value is -2.64. The van der Waals surface area contributed by atoms with E-state index in [0.29, 0.717) is 36.2 Å². The lowest BCUT2D eigenvalue weighted by molar-refractivity contribution is 0.0601. The van der Waals surface area contributed by atoms with Crippen LogP contribution in [0.3, 0.4) is 0 Å². The van der Waals surface area contributed by atoms with Crippen LogP contribution in [0.5, 0.6) is 0 Å². The number of hydrogen-bond acceptors (Lipinski definition) is 8. The summed E-state index contributed by atoms with van der Waals surface area (Å²) in [7, 11) is 1.30. The van der Waals surface area contributed by atoms with E-state index >= 15 is 0 Å². The lowest BCUT2D eigenvalue weighted by Crippen LogP contribution is -2.13. The summed E-state index contributed by atoms with van der Waals surface area (Å²) >= 11 is 0. The predicted molar refractivity (Wildman–Crippen MR) is 71.2 cm³/mol. The third-order valence-electron chi connectivity index (χ3n) is 2.52. The van der Waals surface area contributed by atoms with E-state index in [9.17, 15) is 4.79 Å². The molecular weight excluding hydrogens is 262 g/mol. The molecule has 2 rings (SSSR count). The summed E-state index contributed by atoms with van der Waals surface area (Å²) in [5, 5.41) is 6.71. The van der Waals surface area contributed by atoms with Gasteiger partial charge >= 0.3 is 5.97 Å². The maximum atomic E-state index is 11.6. The smallest absolute Gasteiger partial charge is 0.341 e. The molecule has 0 aliphatic heterocycles. The third-order valence-corrected chi connectivity index (χ3v) is 2.52. The van der Waals surface area contributed by atoms with Crippen LogP contribution in [0.25, 0.3) is 0 Å². The van der Waals surface area contributed by atoms with Crippen molar-refractivity contribution in [1.82, 2.24) is 15.1 Å². The first-order valence-corrected chi connectivity index (χ1v) is 5.97. The molecule has 2 aromatic heterocycles. The number of hydrogen-bond donors (Lipinski definition) is 2. The minimum Gasteiger partial charge on any atom is -0.465 e. The largest absolute Gasteiger partial charge is 0.465 e. The van der Waals surface area contributed by atoms with Crippen LogP contribution in [0.4, 0.5) is 11.5 Å². The van der Waals surface area contributed by atoms with E-state index in [1.54, 1.807) is 6.92 Å². The second-order valence-electron chi connectivity index (χ2n) is 4.07. The van der Waals surface area contributed by atoms with Crippen molar-refractivity contribution in [3.8, 4) is 0 Å². The highest BCUT2D eigenvalue weighted by Crippen LogP contribution is 2.16.